The SMILES string of the molecule is O=C(Nc1cc(C(=O)N2CCCCC2)ccc1Cl)c1ccsc1. The second-order valence-electron chi connectivity index (χ2n) is 5.51. The average molecular weight is 349 g/mol. The maximum Gasteiger partial charge on any atom is 0.256 e. The zero-order chi connectivity index (χ0) is 16.2. The van der Waals surface area contributed by atoms with E-state index in [1.807, 2.05) is 10.3 Å². The average Bonchev–Trinajstić information content (AvgIpc) is 3.11. The second-order valence-corrected chi connectivity index (χ2v) is 6.70. The molecule has 0 unspecified atom stereocenters. The number of thiophene rings is 1. The quantitative estimate of drug-likeness (QED) is 0.900. The number of hydrogen-bond acceptors (Lipinski definition) is 3. The van der Waals surface area contributed by atoms with Crippen LogP contribution in [0.2, 0.25) is 5.02 Å². The summed E-state index contributed by atoms with van der Waals surface area (Å²) >= 11 is 7.61. The van der Waals surface area contributed by atoms with Gasteiger partial charge in [0.15, 0.2) is 0 Å². The van der Waals surface area contributed by atoms with E-state index in [1.54, 1.807) is 29.6 Å². The predicted molar refractivity (Wildman–Crippen MR) is 93.5 cm³/mol. The highest BCUT2D eigenvalue weighted by Gasteiger charge is 2.19. The Hall–Kier alpha value is -1.85. The largest absolute Gasteiger partial charge is 0.339 e. The third-order valence-corrected chi connectivity index (χ3v) is 4.90. The van der Waals surface area contributed by atoms with E-state index < -0.39 is 0 Å². The molecule has 0 atom stereocenters. The van der Waals surface area contributed by atoms with Crippen molar-refractivity contribution in [2.24, 2.45) is 0 Å². The topological polar surface area (TPSA) is 49.4 Å². The van der Waals surface area contributed by atoms with Gasteiger partial charge in [0, 0.05) is 24.0 Å². The normalized spacial score (nSPS) is 14.6. The van der Waals surface area contributed by atoms with Crippen molar-refractivity contribution in [2.45, 2.75) is 19.3 Å². The minimum atomic E-state index is -0.226. The summed E-state index contributed by atoms with van der Waals surface area (Å²) in [5.74, 6) is -0.233. The van der Waals surface area contributed by atoms with Crippen molar-refractivity contribution in [3.63, 3.8) is 0 Å². The van der Waals surface area contributed by atoms with Crippen molar-refractivity contribution >= 4 is 40.4 Å². The summed E-state index contributed by atoms with van der Waals surface area (Å²) in [5, 5.41) is 6.81. The first-order valence-electron chi connectivity index (χ1n) is 7.57. The van der Waals surface area contributed by atoms with Crippen LogP contribution in [0.4, 0.5) is 5.69 Å². The maximum absolute atomic E-state index is 12.5. The Bertz CT molecular complexity index is 709. The van der Waals surface area contributed by atoms with Crippen LogP contribution in [-0.2, 0) is 0 Å². The van der Waals surface area contributed by atoms with E-state index in [-0.39, 0.29) is 11.8 Å². The van der Waals surface area contributed by atoms with Gasteiger partial charge in [-0.2, -0.15) is 11.3 Å². The molecule has 2 aromatic rings. The van der Waals surface area contributed by atoms with E-state index in [0.29, 0.717) is 21.8 Å². The number of likely N-dealkylation sites (tertiary alicyclic amines) is 1. The molecule has 1 aliphatic heterocycles. The predicted octanol–water partition coefficient (Wildman–Crippen LogP) is 4.28. The van der Waals surface area contributed by atoms with Crippen molar-refractivity contribution in [1.82, 2.24) is 4.90 Å². The smallest absolute Gasteiger partial charge is 0.256 e. The third-order valence-electron chi connectivity index (χ3n) is 3.89. The first kappa shape index (κ1) is 16.0. The maximum atomic E-state index is 12.5. The van der Waals surface area contributed by atoms with Crippen LogP contribution in [0.1, 0.15) is 40.0 Å². The van der Waals surface area contributed by atoms with Crippen molar-refractivity contribution in [1.29, 1.82) is 0 Å². The van der Waals surface area contributed by atoms with Gasteiger partial charge in [-0.1, -0.05) is 11.6 Å². The third kappa shape index (κ3) is 3.74. The van der Waals surface area contributed by atoms with E-state index in [9.17, 15) is 9.59 Å². The number of hydrogen-bond donors (Lipinski definition) is 1. The van der Waals surface area contributed by atoms with E-state index in [1.165, 1.54) is 17.8 Å². The van der Waals surface area contributed by atoms with Crippen LogP contribution in [0.5, 0.6) is 0 Å². The van der Waals surface area contributed by atoms with Crippen LogP contribution >= 0.6 is 22.9 Å². The molecule has 1 saturated heterocycles. The molecule has 2 heterocycles. The van der Waals surface area contributed by atoms with Gasteiger partial charge in [-0.3, -0.25) is 9.59 Å². The number of carbonyl (C=O) groups excluding carboxylic acids is 2. The first-order chi connectivity index (χ1) is 11.1. The lowest BCUT2D eigenvalue weighted by Gasteiger charge is -2.27. The highest BCUT2D eigenvalue weighted by molar-refractivity contribution is 7.08. The lowest BCUT2D eigenvalue weighted by molar-refractivity contribution is 0.0724. The molecule has 0 spiro atoms. The van der Waals surface area contributed by atoms with Crippen molar-refractivity contribution in [3.05, 3.63) is 51.2 Å². The number of halogens is 1. The molecule has 1 aliphatic rings. The summed E-state index contributed by atoms with van der Waals surface area (Å²) in [6.45, 7) is 1.58. The number of amides is 2. The molecule has 1 fully saturated rings. The van der Waals surface area contributed by atoms with Crippen LogP contribution in [0.3, 0.4) is 0 Å². The molecule has 0 aliphatic carbocycles. The Balaban J connectivity index is 1.78. The zero-order valence-corrected chi connectivity index (χ0v) is 14.1. The zero-order valence-electron chi connectivity index (χ0n) is 12.5. The molecule has 6 heteroatoms. The van der Waals surface area contributed by atoms with E-state index >= 15 is 0 Å². The molecular weight excluding hydrogens is 332 g/mol. The van der Waals surface area contributed by atoms with Gasteiger partial charge in [0.05, 0.1) is 16.3 Å². The Labute approximate surface area is 144 Å². The van der Waals surface area contributed by atoms with Gasteiger partial charge in [0.1, 0.15) is 0 Å². The van der Waals surface area contributed by atoms with Gasteiger partial charge in [-0.25, -0.2) is 0 Å². The number of carbonyl (C=O) groups is 2. The summed E-state index contributed by atoms with van der Waals surface area (Å²) < 4.78 is 0. The van der Waals surface area contributed by atoms with Gasteiger partial charge in [-0.15, -0.1) is 0 Å². The van der Waals surface area contributed by atoms with Crippen LogP contribution in [0.15, 0.2) is 35.0 Å². The molecule has 120 valence electrons. The highest BCUT2D eigenvalue weighted by Crippen LogP contribution is 2.25. The fourth-order valence-electron chi connectivity index (χ4n) is 2.62. The monoisotopic (exact) mass is 348 g/mol. The molecule has 0 saturated carbocycles. The van der Waals surface area contributed by atoms with Crippen LogP contribution in [-0.4, -0.2) is 29.8 Å². The van der Waals surface area contributed by atoms with Crippen molar-refractivity contribution in [2.75, 3.05) is 18.4 Å². The van der Waals surface area contributed by atoms with Gasteiger partial charge in [0.2, 0.25) is 0 Å². The number of piperidine rings is 1. The van der Waals surface area contributed by atoms with Gasteiger partial charge in [0.25, 0.3) is 11.8 Å². The molecule has 1 aromatic heterocycles. The van der Waals surface area contributed by atoms with Crippen LogP contribution < -0.4 is 5.32 Å². The molecule has 0 bridgehead atoms. The number of benzene rings is 1. The van der Waals surface area contributed by atoms with E-state index in [0.717, 1.165) is 25.9 Å². The summed E-state index contributed by atoms with van der Waals surface area (Å²) in [6.07, 6.45) is 3.26. The van der Waals surface area contributed by atoms with E-state index in [4.69, 9.17) is 11.6 Å². The first-order valence-corrected chi connectivity index (χ1v) is 8.89. The number of anilines is 1. The summed E-state index contributed by atoms with van der Waals surface area (Å²) in [5.41, 5.74) is 1.60. The highest BCUT2D eigenvalue weighted by atomic mass is 35.5. The van der Waals surface area contributed by atoms with Crippen molar-refractivity contribution < 1.29 is 9.59 Å². The number of rotatable bonds is 3. The molecule has 3 rings (SSSR count). The number of nitrogens with one attached hydrogen (secondary N) is 1. The van der Waals surface area contributed by atoms with Crippen molar-refractivity contribution in [3.8, 4) is 0 Å². The summed E-state index contributed by atoms with van der Waals surface area (Å²) in [6, 6.07) is 6.77. The van der Waals surface area contributed by atoms with Gasteiger partial charge < -0.3 is 10.2 Å². The molecule has 4 nitrogen and oxygen atoms in total. The molecule has 23 heavy (non-hydrogen) atoms. The lowest BCUT2D eigenvalue weighted by Crippen LogP contribution is -2.35. The standard InChI is InChI=1S/C17H17ClN2O2S/c18-14-5-4-12(17(22)20-7-2-1-3-8-20)10-15(14)19-16(21)13-6-9-23-11-13/h4-6,9-11H,1-3,7-8H2,(H,19,21). The lowest BCUT2D eigenvalue weighted by atomic mass is 10.1. The van der Waals surface area contributed by atoms with Crippen LogP contribution in [0, 0.1) is 0 Å². The number of nitrogens with zero attached hydrogens (tertiary/aromatic N) is 1. The second kappa shape index (κ2) is 7.15. The molecular formula is C17H17ClN2O2S. The molecule has 2 amide bonds. The summed E-state index contributed by atoms with van der Waals surface area (Å²) in [4.78, 5) is 26.6. The Morgan fingerprint density at radius 2 is 1.87 bits per heavy atom. The van der Waals surface area contributed by atoms with Gasteiger partial charge >= 0.3 is 0 Å². The Morgan fingerprint density at radius 3 is 2.57 bits per heavy atom. The summed E-state index contributed by atoms with van der Waals surface area (Å²) in [7, 11) is 0. The fraction of sp³-hybridized carbons (Fsp3) is 0.294. The molecule has 1 aromatic carbocycles. The minimum absolute atomic E-state index is 0.00704. The fourth-order valence-corrected chi connectivity index (χ4v) is 3.42. The van der Waals surface area contributed by atoms with E-state index in [2.05, 4.69) is 5.32 Å². The van der Waals surface area contributed by atoms with Crippen LogP contribution in [0.25, 0.3) is 0 Å². The molecule has 0 radical (unpaired) electrons. The van der Waals surface area contributed by atoms with Gasteiger partial charge in [-0.05, 0) is 48.9 Å². The Kier molecular flexibility index (Phi) is 4.98. The minimum Gasteiger partial charge on any atom is -0.339 e. The Morgan fingerprint density at radius 1 is 1.09 bits per heavy atom. The molecule has 1 N–H and O–H groups in total.